The van der Waals surface area contributed by atoms with Crippen LogP contribution in [-0.4, -0.2) is 79.3 Å². The fraction of sp³-hybridized carbons (Fsp3) is 0.373. The van der Waals surface area contributed by atoms with E-state index in [9.17, 15) is 18.0 Å². The number of rotatable bonds is 15. The average molecular weight is 866 g/mol. The Hall–Kier alpha value is -6.05. The number of aromatic amines is 1. The zero-order chi connectivity index (χ0) is 43.8. The molecular formula is C51H54F3N9O. The maximum Gasteiger partial charge on any atom is 0.390 e. The van der Waals surface area contributed by atoms with Gasteiger partial charge in [-0.25, -0.2) is 4.98 Å². The Balaban J connectivity index is 0.640. The normalized spacial score (nSPS) is 16.5. The third-order valence-electron chi connectivity index (χ3n) is 13.4. The molecule has 7 aromatic rings. The smallest absolute Gasteiger partial charge is 0.354 e. The van der Waals surface area contributed by atoms with Gasteiger partial charge in [0, 0.05) is 86.3 Å². The van der Waals surface area contributed by atoms with Crippen LogP contribution in [0.25, 0.3) is 44.2 Å². The Labute approximate surface area is 371 Å². The van der Waals surface area contributed by atoms with E-state index in [-0.39, 0.29) is 18.4 Å². The molecule has 2 saturated heterocycles. The molecule has 3 fully saturated rings. The summed E-state index contributed by atoms with van der Waals surface area (Å²) >= 11 is 0. The topological polar surface area (TPSA) is 107 Å². The Morgan fingerprint density at radius 2 is 1.56 bits per heavy atom. The third kappa shape index (κ3) is 9.70. The molecule has 13 heteroatoms. The molecule has 0 radical (unpaired) electrons. The van der Waals surface area contributed by atoms with Gasteiger partial charge in [-0.1, -0.05) is 60.7 Å². The lowest BCUT2D eigenvalue weighted by atomic mass is 9.79. The molecule has 3 aromatic heterocycles. The van der Waals surface area contributed by atoms with Crippen LogP contribution in [0.15, 0.2) is 104 Å². The van der Waals surface area contributed by atoms with E-state index in [4.69, 9.17) is 5.10 Å². The summed E-state index contributed by atoms with van der Waals surface area (Å²) in [5.41, 5.74) is 11.7. The summed E-state index contributed by atoms with van der Waals surface area (Å²) in [6, 6.07) is 29.9. The van der Waals surface area contributed by atoms with Crippen LogP contribution in [-0.2, 0) is 26.2 Å². The van der Waals surface area contributed by atoms with Crippen LogP contribution < -0.4 is 10.6 Å². The molecule has 0 bridgehead atoms. The van der Waals surface area contributed by atoms with Crippen LogP contribution in [0.5, 0.6) is 0 Å². The summed E-state index contributed by atoms with van der Waals surface area (Å²) in [4.78, 5) is 29.6. The first-order valence-electron chi connectivity index (χ1n) is 22.7. The van der Waals surface area contributed by atoms with Crippen molar-refractivity contribution in [2.45, 2.75) is 71.4 Å². The first-order valence-corrected chi connectivity index (χ1v) is 22.7. The van der Waals surface area contributed by atoms with Gasteiger partial charge < -0.3 is 20.5 Å². The number of fused-ring (bicyclic) bond motifs is 2. The first kappa shape index (κ1) is 41.9. The molecule has 1 saturated carbocycles. The molecule has 10 rings (SSSR count). The van der Waals surface area contributed by atoms with Crippen molar-refractivity contribution < 1.29 is 18.0 Å². The maximum atomic E-state index is 13.4. The minimum absolute atomic E-state index is 0.125. The number of benzene rings is 4. The number of carbonyl (C=O) groups excluding carboxylic acids is 1. The lowest BCUT2D eigenvalue weighted by Crippen LogP contribution is -2.54. The van der Waals surface area contributed by atoms with E-state index in [1.165, 1.54) is 46.0 Å². The van der Waals surface area contributed by atoms with Crippen molar-refractivity contribution in [3.63, 3.8) is 0 Å². The molecule has 0 spiro atoms. The zero-order valence-electron chi connectivity index (χ0n) is 36.2. The summed E-state index contributed by atoms with van der Waals surface area (Å²) in [6.07, 6.45) is 5.45. The van der Waals surface area contributed by atoms with Gasteiger partial charge >= 0.3 is 6.18 Å². The number of H-pyrrole nitrogens is 1. The molecule has 5 heterocycles. The molecule has 4 aromatic carbocycles. The Morgan fingerprint density at radius 3 is 2.31 bits per heavy atom. The Morgan fingerprint density at radius 1 is 0.828 bits per heavy atom. The van der Waals surface area contributed by atoms with Gasteiger partial charge in [-0.3, -0.25) is 14.4 Å². The van der Waals surface area contributed by atoms with E-state index in [1.54, 1.807) is 6.20 Å². The molecular weight excluding hydrogens is 812 g/mol. The summed E-state index contributed by atoms with van der Waals surface area (Å²) in [6.45, 7) is 9.08. The highest BCUT2D eigenvalue weighted by Crippen LogP contribution is 2.35. The molecule has 64 heavy (non-hydrogen) atoms. The molecule has 0 atom stereocenters. The number of halogens is 3. The number of nitrogens with zero attached hydrogens (tertiary/aromatic N) is 6. The van der Waals surface area contributed by atoms with E-state index in [0.29, 0.717) is 17.5 Å². The zero-order valence-corrected chi connectivity index (χ0v) is 36.2. The summed E-state index contributed by atoms with van der Waals surface area (Å²) in [5, 5.41) is 13.0. The van der Waals surface area contributed by atoms with Crippen molar-refractivity contribution in [3.05, 3.63) is 131 Å². The quantitative estimate of drug-likeness (QED) is 0.0943. The van der Waals surface area contributed by atoms with E-state index in [1.807, 2.05) is 23.2 Å². The average Bonchev–Trinajstić information content (AvgIpc) is 3.84. The highest BCUT2D eigenvalue weighted by Gasteiger charge is 2.37. The van der Waals surface area contributed by atoms with Crippen LogP contribution in [0.1, 0.15) is 64.7 Å². The number of carbonyl (C=O) groups is 1. The monoisotopic (exact) mass is 865 g/mol. The Kier molecular flexibility index (Phi) is 11.7. The van der Waals surface area contributed by atoms with Gasteiger partial charge in [-0.05, 0) is 127 Å². The van der Waals surface area contributed by atoms with Gasteiger partial charge in [0.05, 0.1) is 11.9 Å². The molecule has 3 aliphatic rings. The lowest BCUT2D eigenvalue weighted by molar-refractivity contribution is -0.131. The molecule has 330 valence electrons. The molecule has 1 aliphatic carbocycles. The number of anilines is 1. The second-order valence-corrected chi connectivity index (χ2v) is 18.2. The van der Waals surface area contributed by atoms with Crippen molar-refractivity contribution >= 4 is 33.8 Å². The SMILES string of the molecule is Cc1cc(CNCc2ccc(C(=O)N3CC(C4CCN(Cc5ccc(-c6c[nH]c7nc(NCCC(F)(F)F)ncc67)cc5)CC4)C3)cc2)ccc1-c1ccc2nn(CC3CC3)cc2c1. The minimum atomic E-state index is -4.23. The molecule has 2 aliphatic heterocycles. The molecule has 0 unspecified atom stereocenters. The largest absolute Gasteiger partial charge is 0.390 e. The fourth-order valence-electron chi connectivity index (χ4n) is 9.52. The third-order valence-corrected chi connectivity index (χ3v) is 13.4. The highest BCUT2D eigenvalue weighted by molar-refractivity contribution is 5.95. The number of hydrogen-bond donors (Lipinski definition) is 3. The number of aryl methyl sites for hydroxylation is 1. The molecule has 10 nitrogen and oxygen atoms in total. The number of likely N-dealkylation sites (tertiary alicyclic amines) is 2. The van der Waals surface area contributed by atoms with Crippen molar-refractivity contribution in [2.24, 2.45) is 17.8 Å². The van der Waals surface area contributed by atoms with Gasteiger partial charge in [-0.15, -0.1) is 0 Å². The highest BCUT2D eigenvalue weighted by atomic mass is 19.4. The summed E-state index contributed by atoms with van der Waals surface area (Å²) in [7, 11) is 0. The number of amides is 1. The Bertz CT molecular complexity index is 2740. The second kappa shape index (κ2) is 17.8. The van der Waals surface area contributed by atoms with Crippen molar-refractivity contribution in [2.75, 3.05) is 38.0 Å². The standard InChI is InChI=1S/C51H54F3N9O/c1-33-22-37(8-14-44(33)41-13-15-47-42(23-41)32-63(60-47)29-36-2-3-36)25-55-24-34-4-11-40(12-5-34)49(64)62-30-43(31-62)38-16-20-61(21-17-38)28-35-6-9-39(10-7-35)45-26-57-48-46(45)27-58-50(59-48)56-19-18-51(52,53)54/h4-15,22-23,26-27,32,36,38,43,55H,2-3,16-21,24-25,28-31H2,1H3,(H2,56,57,58,59). The predicted molar refractivity (Wildman–Crippen MR) is 245 cm³/mol. The van der Waals surface area contributed by atoms with Gasteiger partial charge in [0.1, 0.15) is 5.65 Å². The van der Waals surface area contributed by atoms with Gasteiger partial charge in [-0.2, -0.15) is 23.3 Å². The van der Waals surface area contributed by atoms with Crippen LogP contribution in [0.2, 0.25) is 0 Å². The second-order valence-electron chi connectivity index (χ2n) is 18.2. The maximum absolute atomic E-state index is 13.4. The van der Waals surface area contributed by atoms with Crippen molar-refractivity contribution in [1.29, 1.82) is 0 Å². The van der Waals surface area contributed by atoms with Crippen molar-refractivity contribution in [1.82, 2.24) is 39.8 Å². The first-order chi connectivity index (χ1) is 31.1. The number of hydrogen-bond acceptors (Lipinski definition) is 7. The van der Waals surface area contributed by atoms with Crippen LogP contribution in [0, 0.1) is 24.7 Å². The van der Waals surface area contributed by atoms with E-state index >= 15 is 0 Å². The summed E-state index contributed by atoms with van der Waals surface area (Å²) < 4.78 is 39.7. The minimum Gasteiger partial charge on any atom is -0.354 e. The number of nitrogens with one attached hydrogen (secondary N) is 3. The fourth-order valence-corrected chi connectivity index (χ4v) is 9.52. The number of alkyl halides is 3. The molecule has 1 amide bonds. The van der Waals surface area contributed by atoms with E-state index in [0.717, 1.165) is 104 Å². The summed E-state index contributed by atoms with van der Waals surface area (Å²) in [5.74, 6) is 2.29. The van der Waals surface area contributed by atoms with Crippen LogP contribution >= 0.6 is 0 Å². The number of aromatic nitrogens is 5. The number of piperidine rings is 1. The van der Waals surface area contributed by atoms with Crippen LogP contribution in [0.4, 0.5) is 19.1 Å². The molecule has 3 N–H and O–H groups in total. The van der Waals surface area contributed by atoms with Gasteiger partial charge in [0.15, 0.2) is 0 Å². The van der Waals surface area contributed by atoms with Gasteiger partial charge in [0.25, 0.3) is 5.91 Å². The van der Waals surface area contributed by atoms with Crippen molar-refractivity contribution in [3.8, 4) is 22.3 Å². The predicted octanol–water partition coefficient (Wildman–Crippen LogP) is 10.00. The van der Waals surface area contributed by atoms with E-state index < -0.39 is 12.6 Å². The lowest BCUT2D eigenvalue weighted by Gasteiger charge is -2.46. The van der Waals surface area contributed by atoms with Gasteiger partial charge in [0.2, 0.25) is 5.95 Å². The van der Waals surface area contributed by atoms with E-state index in [2.05, 4.69) is 121 Å². The van der Waals surface area contributed by atoms with Crippen LogP contribution in [0.3, 0.4) is 0 Å².